The quantitative estimate of drug-likeness (QED) is 0.137. The number of carbonyl (C=O) groups is 3. The van der Waals surface area contributed by atoms with Gasteiger partial charge in [0.15, 0.2) is 28.6 Å². The number of carbonyl (C=O) groups excluding carboxylic acids is 3. The van der Waals surface area contributed by atoms with Gasteiger partial charge in [-0.1, -0.05) is 35.9 Å². The predicted molar refractivity (Wildman–Crippen MR) is 182 cm³/mol. The van der Waals surface area contributed by atoms with E-state index < -0.39 is 30.1 Å². The SMILES string of the molecule is COc1cc(C=O)cc(I)c1O[C@H]1C=C(C(=O)NCCO)C[C@@H](N(Cc2ccc(Cl)cc2)C(=O)c2cc3cccc(OC)c3o2)[C@@H]1O. The zero-order valence-electron chi connectivity index (χ0n) is 25.4. The lowest BCUT2D eigenvalue weighted by atomic mass is 9.87. The first-order valence-corrected chi connectivity index (χ1v) is 16.0. The van der Waals surface area contributed by atoms with E-state index in [0.29, 0.717) is 42.7 Å². The normalized spacial score (nSPS) is 17.5. The van der Waals surface area contributed by atoms with Gasteiger partial charge in [-0.2, -0.15) is 0 Å². The molecule has 0 unspecified atom stereocenters. The first-order chi connectivity index (χ1) is 22.7. The number of hydrogen-bond donors (Lipinski definition) is 3. The molecule has 1 heterocycles. The zero-order valence-corrected chi connectivity index (χ0v) is 28.4. The minimum Gasteiger partial charge on any atom is -0.493 e. The van der Waals surface area contributed by atoms with Gasteiger partial charge in [-0.3, -0.25) is 14.4 Å². The van der Waals surface area contributed by atoms with Crippen molar-refractivity contribution in [3.8, 4) is 17.2 Å². The Morgan fingerprint density at radius 3 is 2.53 bits per heavy atom. The number of hydrogen-bond acceptors (Lipinski definition) is 9. The fraction of sp³-hybridized carbons (Fsp3) is 0.265. The number of methoxy groups -OCH3 is 2. The lowest BCUT2D eigenvalue weighted by Crippen LogP contribution is -2.54. The summed E-state index contributed by atoms with van der Waals surface area (Å²) in [4.78, 5) is 40.6. The van der Waals surface area contributed by atoms with E-state index in [4.69, 9.17) is 30.2 Å². The first-order valence-electron chi connectivity index (χ1n) is 14.6. The van der Waals surface area contributed by atoms with Gasteiger partial charge in [-0.15, -0.1) is 0 Å². The Morgan fingerprint density at radius 2 is 1.85 bits per heavy atom. The number of aldehydes is 1. The molecule has 0 spiro atoms. The van der Waals surface area contributed by atoms with Crippen molar-refractivity contribution in [1.82, 2.24) is 10.2 Å². The lowest BCUT2D eigenvalue weighted by molar-refractivity contribution is -0.118. The summed E-state index contributed by atoms with van der Waals surface area (Å²) in [6.45, 7) is -0.249. The number of nitrogens with zero attached hydrogens (tertiary/aromatic N) is 1. The van der Waals surface area contributed by atoms with Crippen LogP contribution in [0.4, 0.5) is 0 Å². The van der Waals surface area contributed by atoms with Gasteiger partial charge in [0.1, 0.15) is 18.5 Å². The van der Waals surface area contributed by atoms with E-state index in [1.807, 2.05) is 22.6 Å². The van der Waals surface area contributed by atoms with Crippen molar-refractivity contribution in [1.29, 1.82) is 0 Å². The number of furan rings is 1. The smallest absolute Gasteiger partial charge is 0.290 e. The van der Waals surface area contributed by atoms with Crippen molar-refractivity contribution >= 4 is 63.3 Å². The highest BCUT2D eigenvalue weighted by Crippen LogP contribution is 2.38. The molecule has 0 aliphatic heterocycles. The molecular formula is C34H32ClIN2O9. The van der Waals surface area contributed by atoms with Crippen molar-refractivity contribution in [3.05, 3.63) is 97.8 Å². The Morgan fingerprint density at radius 1 is 1.11 bits per heavy atom. The van der Waals surface area contributed by atoms with Crippen LogP contribution < -0.4 is 19.5 Å². The maximum Gasteiger partial charge on any atom is 0.290 e. The van der Waals surface area contributed by atoms with Crippen molar-refractivity contribution in [2.75, 3.05) is 27.4 Å². The van der Waals surface area contributed by atoms with Crippen LogP contribution in [-0.4, -0.2) is 78.8 Å². The van der Waals surface area contributed by atoms with E-state index in [-0.39, 0.29) is 48.9 Å². The molecule has 3 aromatic carbocycles. The summed E-state index contributed by atoms with van der Waals surface area (Å²) in [5.41, 5.74) is 1.70. The first kappa shape index (κ1) is 34.2. The summed E-state index contributed by atoms with van der Waals surface area (Å²) < 4.78 is 23.8. The molecular weight excluding hydrogens is 743 g/mol. The van der Waals surface area contributed by atoms with Gasteiger partial charge in [0.05, 0.1) is 30.4 Å². The van der Waals surface area contributed by atoms with Gasteiger partial charge in [-0.25, -0.2) is 0 Å². The molecule has 246 valence electrons. The standard InChI is InChI=1S/C34H32ClIN2O9/c1-44-26-5-3-4-21-15-29(47-31(21)26)34(43)38(17-19-6-8-23(35)9-7-19)25-14-22(33(42)37-10-11-39)16-27(30(25)41)46-32-24(36)12-20(18-40)13-28(32)45-2/h3-9,12-13,15-16,18,25,27,30,39,41H,10-11,14,17H2,1-2H3,(H,37,42)/t25-,27+,30+/m1/s1. The van der Waals surface area contributed by atoms with E-state index in [1.165, 1.54) is 31.3 Å². The number of amides is 2. The van der Waals surface area contributed by atoms with Gasteiger partial charge in [0.25, 0.3) is 5.91 Å². The summed E-state index contributed by atoms with van der Waals surface area (Å²) in [5.74, 6) is -0.0834. The molecule has 1 aromatic heterocycles. The van der Waals surface area contributed by atoms with Crippen LogP contribution in [0.15, 0.2) is 76.7 Å². The number of nitrogens with one attached hydrogen (secondary N) is 1. The number of ether oxygens (including phenoxy) is 3. The van der Waals surface area contributed by atoms with E-state index in [0.717, 1.165) is 0 Å². The van der Waals surface area contributed by atoms with Gasteiger partial charge < -0.3 is 39.1 Å². The van der Waals surface area contributed by atoms with Crippen molar-refractivity contribution in [2.24, 2.45) is 0 Å². The molecule has 1 aliphatic rings. The Bertz CT molecular complexity index is 1810. The van der Waals surface area contributed by atoms with E-state index >= 15 is 0 Å². The van der Waals surface area contributed by atoms with Gasteiger partial charge in [0.2, 0.25) is 5.91 Å². The highest BCUT2D eigenvalue weighted by molar-refractivity contribution is 14.1. The molecule has 3 atom stereocenters. The molecule has 2 amide bonds. The van der Waals surface area contributed by atoms with Crippen LogP contribution in [0.3, 0.4) is 0 Å². The van der Waals surface area contributed by atoms with Crippen LogP contribution in [0.1, 0.15) is 32.9 Å². The highest BCUT2D eigenvalue weighted by atomic mass is 127. The molecule has 0 radical (unpaired) electrons. The number of fused-ring (bicyclic) bond motifs is 1. The summed E-state index contributed by atoms with van der Waals surface area (Å²) in [5, 5.41) is 25.1. The fourth-order valence-corrected chi connectivity index (χ4v) is 6.29. The zero-order chi connectivity index (χ0) is 33.7. The highest BCUT2D eigenvalue weighted by Gasteiger charge is 2.42. The minimum atomic E-state index is -1.34. The van der Waals surface area contributed by atoms with Crippen molar-refractivity contribution in [3.63, 3.8) is 0 Å². The molecule has 0 saturated carbocycles. The fourth-order valence-electron chi connectivity index (χ4n) is 5.41. The van der Waals surface area contributed by atoms with E-state index in [1.54, 1.807) is 54.6 Å². The van der Waals surface area contributed by atoms with Crippen LogP contribution >= 0.6 is 34.2 Å². The second-order valence-corrected chi connectivity index (χ2v) is 12.3. The van der Waals surface area contributed by atoms with E-state index in [9.17, 15) is 24.6 Å². The number of benzene rings is 3. The molecule has 4 aromatic rings. The number of halogens is 2. The molecule has 1 aliphatic carbocycles. The average molecular weight is 775 g/mol. The van der Waals surface area contributed by atoms with E-state index in [2.05, 4.69) is 5.32 Å². The van der Waals surface area contributed by atoms with Crippen LogP contribution in [0.2, 0.25) is 5.02 Å². The largest absolute Gasteiger partial charge is 0.493 e. The third-order valence-corrected chi connectivity index (χ3v) is 8.78. The van der Waals surface area contributed by atoms with Gasteiger partial charge in [0, 0.05) is 41.1 Å². The van der Waals surface area contributed by atoms with Crippen LogP contribution in [0, 0.1) is 3.57 Å². The molecule has 3 N–H and O–H groups in total. The molecule has 5 rings (SSSR count). The second kappa shape index (κ2) is 15.2. The van der Waals surface area contributed by atoms with Crippen molar-refractivity contribution < 1.29 is 43.2 Å². The average Bonchev–Trinajstić information content (AvgIpc) is 3.53. The maximum atomic E-state index is 14.4. The molecule has 0 saturated heterocycles. The van der Waals surface area contributed by atoms with Crippen LogP contribution in [0.5, 0.6) is 17.2 Å². The molecule has 47 heavy (non-hydrogen) atoms. The van der Waals surface area contributed by atoms with Crippen molar-refractivity contribution in [2.45, 2.75) is 31.2 Å². The molecule has 0 fully saturated rings. The predicted octanol–water partition coefficient (Wildman–Crippen LogP) is 4.78. The Labute approximate surface area is 289 Å². The van der Waals surface area contributed by atoms with Gasteiger partial charge in [-0.05, 0) is 70.6 Å². The Hall–Kier alpha value is -4.11. The Balaban J connectivity index is 1.59. The third kappa shape index (κ3) is 7.56. The summed E-state index contributed by atoms with van der Waals surface area (Å²) in [6, 6.07) is 15.9. The van der Waals surface area contributed by atoms with Crippen LogP contribution in [0.25, 0.3) is 11.0 Å². The number of aliphatic hydroxyl groups is 2. The molecule has 13 heteroatoms. The van der Waals surface area contributed by atoms with Crippen LogP contribution in [-0.2, 0) is 11.3 Å². The monoisotopic (exact) mass is 774 g/mol. The number of aliphatic hydroxyl groups excluding tert-OH is 2. The topological polar surface area (TPSA) is 148 Å². The number of para-hydroxylation sites is 1. The second-order valence-electron chi connectivity index (χ2n) is 10.7. The van der Waals surface area contributed by atoms with Gasteiger partial charge >= 0.3 is 0 Å². The summed E-state index contributed by atoms with van der Waals surface area (Å²) in [7, 11) is 2.92. The third-order valence-electron chi connectivity index (χ3n) is 7.72. The summed E-state index contributed by atoms with van der Waals surface area (Å²) in [6.07, 6.45) is -0.347. The number of rotatable bonds is 12. The minimum absolute atomic E-state index is 0.00202. The molecule has 0 bridgehead atoms. The Kier molecular flexibility index (Phi) is 11.1. The summed E-state index contributed by atoms with van der Waals surface area (Å²) >= 11 is 8.13. The maximum absolute atomic E-state index is 14.4. The lowest BCUT2D eigenvalue weighted by Gasteiger charge is -2.40. The molecule has 11 nitrogen and oxygen atoms in total.